The monoisotopic (exact) mass is 251 g/mol. The van der Waals surface area contributed by atoms with Crippen LogP contribution in [-0.2, 0) is 6.54 Å². The van der Waals surface area contributed by atoms with Crippen molar-refractivity contribution < 1.29 is 9.84 Å². The molecule has 0 aromatic heterocycles. The number of aliphatic hydroxyl groups excluding tert-OH is 1. The second kappa shape index (κ2) is 6.21. The van der Waals surface area contributed by atoms with Crippen LogP contribution in [0, 0.1) is 0 Å². The molecule has 0 aliphatic heterocycles. The minimum Gasteiger partial charge on any atom is -0.491 e. The second-order valence-corrected chi connectivity index (χ2v) is 5.57. The lowest BCUT2D eigenvalue weighted by atomic mass is 9.98. The molecule has 2 N–H and O–H groups in total. The molecule has 1 aromatic rings. The lowest BCUT2D eigenvalue weighted by Crippen LogP contribution is -2.47. The highest BCUT2D eigenvalue weighted by atomic mass is 16.5. The van der Waals surface area contributed by atoms with Crippen LogP contribution in [-0.4, -0.2) is 22.9 Å². The van der Waals surface area contributed by atoms with Crippen molar-refractivity contribution >= 4 is 0 Å². The zero-order valence-corrected chi connectivity index (χ0v) is 12.0. The fraction of sp³-hybridized carbons (Fsp3) is 0.600. The van der Waals surface area contributed by atoms with Gasteiger partial charge in [-0.15, -0.1) is 0 Å². The summed E-state index contributed by atoms with van der Waals surface area (Å²) in [5.74, 6) is 0.888. The fourth-order valence-electron chi connectivity index (χ4n) is 1.48. The molecule has 0 bridgehead atoms. The molecule has 0 aliphatic rings. The highest BCUT2D eigenvalue weighted by Gasteiger charge is 2.22. The summed E-state index contributed by atoms with van der Waals surface area (Å²) < 4.78 is 5.66. The average molecular weight is 251 g/mol. The highest BCUT2D eigenvalue weighted by molar-refractivity contribution is 5.28. The molecule has 0 amide bonds. The quantitative estimate of drug-likeness (QED) is 0.817. The molecule has 0 saturated carbocycles. The molecule has 0 spiro atoms. The van der Waals surface area contributed by atoms with E-state index in [1.165, 1.54) is 0 Å². The second-order valence-electron chi connectivity index (χ2n) is 5.57. The van der Waals surface area contributed by atoms with E-state index >= 15 is 0 Å². The minimum absolute atomic E-state index is 0.183. The van der Waals surface area contributed by atoms with Gasteiger partial charge in [0.15, 0.2) is 0 Å². The van der Waals surface area contributed by atoms with Crippen molar-refractivity contribution in [2.24, 2.45) is 0 Å². The summed E-state index contributed by atoms with van der Waals surface area (Å²) in [6, 6.07) is 8.04. The Hall–Kier alpha value is -1.06. The first-order valence-electron chi connectivity index (χ1n) is 6.50. The summed E-state index contributed by atoms with van der Waals surface area (Å²) in [6.45, 7) is 10.5. The lowest BCUT2D eigenvalue weighted by molar-refractivity contribution is 0.0956. The van der Waals surface area contributed by atoms with Crippen molar-refractivity contribution in [3.8, 4) is 5.75 Å². The topological polar surface area (TPSA) is 41.5 Å². The zero-order chi connectivity index (χ0) is 13.8. The number of rotatable bonds is 6. The third kappa shape index (κ3) is 4.67. The van der Waals surface area contributed by atoms with Crippen LogP contribution < -0.4 is 10.1 Å². The summed E-state index contributed by atoms with van der Waals surface area (Å²) in [4.78, 5) is 0. The summed E-state index contributed by atoms with van der Waals surface area (Å²) in [5.41, 5.74) is 0.858. The maximum atomic E-state index is 9.64. The van der Waals surface area contributed by atoms with Crippen LogP contribution in [0.3, 0.4) is 0 Å². The summed E-state index contributed by atoms with van der Waals surface area (Å²) in [7, 11) is 0. The minimum atomic E-state index is -0.396. The zero-order valence-electron chi connectivity index (χ0n) is 12.0. The van der Waals surface area contributed by atoms with E-state index in [-0.39, 0.29) is 11.6 Å². The first-order valence-corrected chi connectivity index (χ1v) is 6.50. The first-order chi connectivity index (χ1) is 8.31. The molecule has 0 radical (unpaired) electrons. The van der Waals surface area contributed by atoms with Crippen LogP contribution in [0.25, 0.3) is 0 Å². The van der Waals surface area contributed by atoms with Gasteiger partial charge in [0.25, 0.3) is 0 Å². The Morgan fingerprint density at radius 1 is 1.28 bits per heavy atom. The van der Waals surface area contributed by atoms with Gasteiger partial charge in [-0.05, 0) is 52.3 Å². The van der Waals surface area contributed by atoms with Crippen molar-refractivity contribution in [2.45, 2.75) is 58.9 Å². The number of hydrogen-bond acceptors (Lipinski definition) is 3. The van der Waals surface area contributed by atoms with E-state index < -0.39 is 6.10 Å². The highest BCUT2D eigenvalue weighted by Crippen LogP contribution is 2.16. The SMILES string of the molecule is CC(C)Oc1cccc(CNC(C)(C)C(C)O)c1. The van der Waals surface area contributed by atoms with E-state index in [4.69, 9.17) is 4.74 Å². The van der Waals surface area contributed by atoms with Crippen LogP contribution in [0.15, 0.2) is 24.3 Å². The molecule has 1 rings (SSSR count). The summed E-state index contributed by atoms with van der Waals surface area (Å²) in [5, 5.41) is 13.0. The largest absolute Gasteiger partial charge is 0.491 e. The van der Waals surface area contributed by atoms with E-state index in [9.17, 15) is 5.11 Å². The van der Waals surface area contributed by atoms with Gasteiger partial charge in [0.05, 0.1) is 12.2 Å². The van der Waals surface area contributed by atoms with Crippen molar-refractivity contribution in [3.05, 3.63) is 29.8 Å². The molecule has 3 nitrogen and oxygen atoms in total. The average Bonchev–Trinajstić information content (AvgIpc) is 2.26. The van der Waals surface area contributed by atoms with Gasteiger partial charge in [0, 0.05) is 12.1 Å². The smallest absolute Gasteiger partial charge is 0.120 e. The van der Waals surface area contributed by atoms with Crippen molar-refractivity contribution in [1.82, 2.24) is 5.32 Å². The van der Waals surface area contributed by atoms with Crippen molar-refractivity contribution in [2.75, 3.05) is 0 Å². The van der Waals surface area contributed by atoms with Gasteiger partial charge in [-0.2, -0.15) is 0 Å². The molecule has 0 saturated heterocycles. The first kappa shape index (κ1) is 15.0. The molecule has 1 atom stereocenters. The molecule has 3 heteroatoms. The van der Waals surface area contributed by atoms with Crippen LogP contribution in [0.5, 0.6) is 5.75 Å². The number of ether oxygens (including phenoxy) is 1. The Balaban J connectivity index is 2.63. The van der Waals surface area contributed by atoms with Gasteiger partial charge in [-0.25, -0.2) is 0 Å². The van der Waals surface area contributed by atoms with E-state index in [0.717, 1.165) is 11.3 Å². The van der Waals surface area contributed by atoms with Crippen LogP contribution >= 0.6 is 0 Å². The van der Waals surface area contributed by atoms with Crippen LogP contribution in [0.4, 0.5) is 0 Å². The molecular weight excluding hydrogens is 226 g/mol. The summed E-state index contributed by atoms with van der Waals surface area (Å²) in [6.07, 6.45) is -0.213. The van der Waals surface area contributed by atoms with Gasteiger partial charge in [-0.1, -0.05) is 12.1 Å². The van der Waals surface area contributed by atoms with E-state index in [0.29, 0.717) is 6.54 Å². The van der Waals surface area contributed by atoms with Gasteiger partial charge in [0.2, 0.25) is 0 Å². The van der Waals surface area contributed by atoms with Gasteiger partial charge >= 0.3 is 0 Å². The number of aliphatic hydroxyl groups is 1. The van der Waals surface area contributed by atoms with Gasteiger partial charge < -0.3 is 15.2 Å². The molecule has 18 heavy (non-hydrogen) atoms. The third-order valence-electron chi connectivity index (χ3n) is 3.06. The van der Waals surface area contributed by atoms with E-state index in [1.54, 1.807) is 6.92 Å². The summed E-state index contributed by atoms with van der Waals surface area (Å²) >= 11 is 0. The standard InChI is InChI=1S/C15H25NO2/c1-11(2)18-14-8-6-7-13(9-14)10-16-15(4,5)12(3)17/h6-9,11-12,16-17H,10H2,1-5H3. The fourth-order valence-corrected chi connectivity index (χ4v) is 1.48. The molecule has 1 aromatic carbocycles. The Kier molecular flexibility index (Phi) is 5.17. The predicted molar refractivity (Wildman–Crippen MR) is 74.8 cm³/mol. The number of benzene rings is 1. The lowest BCUT2D eigenvalue weighted by Gasteiger charge is -2.29. The molecular formula is C15H25NO2. The molecule has 0 aliphatic carbocycles. The number of hydrogen-bond donors (Lipinski definition) is 2. The molecule has 102 valence electrons. The van der Waals surface area contributed by atoms with Crippen molar-refractivity contribution in [1.29, 1.82) is 0 Å². The Bertz CT molecular complexity index is 373. The normalized spacial score (nSPS) is 13.7. The maximum Gasteiger partial charge on any atom is 0.120 e. The Morgan fingerprint density at radius 3 is 2.50 bits per heavy atom. The van der Waals surface area contributed by atoms with Crippen molar-refractivity contribution in [3.63, 3.8) is 0 Å². The third-order valence-corrected chi connectivity index (χ3v) is 3.06. The van der Waals surface area contributed by atoms with Crippen LogP contribution in [0.2, 0.25) is 0 Å². The van der Waals surface area contributed by atoms with E-state index in [2.05, 4.69) is 11.4 Å². The maximum absolute atomic E-state index is 9.64. The molecule has 0 fully saturated rings. The predicted octanol–water partition coefficient (Wildman–Crippen LogP) is 2.72. The molecule has 1 unspecified atom stereocenters. The van der Waals surface area contributed by atoms with Crippen LogP contribution in [0.1, 0.15) is 40.2 Å². The van der Waals surface area contributed by atoms with Gasteiger partial charge in [0.1, 0.15) is 5.75 Å². The van der Waals surface area contributed by atoms with E-state index in [1.807, 2.05) is 45.9 Å². The Labute approximate surface area is 110 Å². The van der Waals surface area contributed by atoms with Gasteiger partial charge in [-0.3, -0.25) is 0 Å². The molecule has 0 heterocycles. The Morgan fingerprint density at radius 2 is 1.94 bits per heavy atom. The number of nitrogens with one attached hydrogen (secondary N) is 1.